The van der Waals surface area contributed by atoms with Gasteiger partial charge in [0.25, 0.3) is 0 Å². The lowest BCUT2D eigenvalue weighted by atomic mass is 10.2. The second-order valence-electron chi connectivity index (χ2n) is 4.96. The van der Waals surface area contributed by atoms with Gasteiger partial charge in [-0.25, -0.2) is 0 Å². The molecule has 1 aliphatic heterocycles. The molecule has 0 aromatic heterocycles. The number of rotatable bonds is 9. The highest BCUT2D eigenvalue weighted by molar-refractivity contribution is 7.98. The highest BCUT2D eigenvalue weighted by Gasteiger charge is 2.25. The van der Waals surface area contributed by atoms with E-state index in [1.165, 1.54) is 6.42 Å². The van der Waals surface area contributed by atoms with Crippen LogP contribution < -0.4 is 11.1 Å². The fourth-order valence-corrected chi connectivity index (χ4v) is 2.84. The van der Waals surface area contributed by atoms with Crippen LogP contribution >= 0.6 is 11.8 Å². The fraction of sp³-hybridized carbons (Fsp3) is 0.923. The predicted octanol–water partition coefficient (Wildman–Crippen LogP) is 0.294. The van der Waals surface area contributed by atoms with Crippen molar-refractivity contribution < 1.29 is 9.53 Å². The van der Waals surface area contributed by atoms with Crippen LogP contribution in [0.1, 0.15) is 19.3 Å². The average Bonchev–Trinajstić information content (AvgIpc) is 2.87. The number of ether oxygens (including phenoxy) is 1. The van der Waals surface area contributed by atoms with E-state index in [-0.39, 0.29) is 11.9 Å². The lowest BCUT2D eigenvalue weighted by molar-refractivity contribution is -0.122. The molecule has 3 N–H and O–H groups in total. The highest BCUT2D eigenvalue weighted by Crippen LogP contribution is 2.15. The number of likely N-dealkylation sites (tertiary alicyclic amines) is 1. The first kappa shape index (κ1) is 16.8. The lowest BCUT2D eigenvalue weighted by Crippen LogP contribution is -2.46. The Labute approximate surface area is 120 Å². The Morgan fingerprint density at radius 3 is 3.11 bits per heavy atom. The number of thioether (sulfide) groups is 1. The maximum atomic E-state index is 11.8. The number of methoxy groups -OCH3 is 1. The topological polar surface area (TPSA) is 67.6 Å². The summed E-state index contributed by atoms with van der Waals surface area (Å²) >= 11 is 1.72. The minimum atomic E-state index is -0.374. The van der Waals surface area contributed by atoms with Crippen molar-refractivity contribution in [2.45, 2.75) is 31.3 Å². The molecule has 1 heterocycles. The Morgan fingerprint density at radius 1 is 1.63 bits per heavy atom. The molecule has 0 bridgehead atoms. The number of amides is 1. The summed E-state index contributed by atoms with van der Waals surface area (Å²) in [4.78, 5) is 14.2. The van der Waals surface area contributed by atoms with E-state index in [1.54, 1.807) is 18.9 Å². The monoisotopic (exact) mass is 289 g/mol. The van der Waals surface area contributed by atoms with Crippen LogP contribution in [0.5, 0.6) is 0 Å². The van der Waals surface area contributed by atoms with E-state index in [0.717, 1.165) is 38.3 Å². The first-order chi connectivity index (χ1) is 9.19. The molecule has 1 rings (SSSR count). The van der Waals surface area contributed by atoms with Crippen LogP contribution in [0.3, 0.4) is 0 Å². The second kappa shape index (κ2) is 9.58. The fourth-order valence-electron chi connectivity index (χ4n) is 2.35. The molecule has 0 aliphatic carbocycles. The summed E-state index contributed by atoms with van der Waals surface area (Å²) in [6.45, 7) is 3.49. The largest absolute Gasteiger partial charge is 0.383 e. The summed E-state index contributed by atoms with van der Waals surface area (Å²) in [7, 11) is 1.72. The molecule has 0 saturated carbocycles. The van der Waals surface area contributed by atoms with Crippen molar-refractivity contribution in [1.29, 1.82) is 0 Å². The van der Waals surface area contributed by atoms with Crippen LogP contribution in [0.15, 0.2) is 0 Å². The van der Waals surface area contributed by atoms with E-state index in [9.17, 15) is 4.79 Å². The van der Waals surface area contributed by atoms with Gasteiger partial charge >= 0.3 is 0 Å². The molecule has 0 aromatic carbocycles. The Balaban J connectivity index is 2.24. The summed E-state index contributed by atoms with van der Waals surface area (Å²) < 4.78 is 5.11. The van der Waals surface area contributed by atoms with Crippen molar-refractivity contribution >= 4 is 17.7 Å². The van der Waals surface area contributed by atoms with Gasteiger partial charge in [-0.3, -0.25) is 9.69 Å². The van der Waals surface area contributed by atoms with Crippen LogP contribution in [0.2, 0.25) is 0 Å². The molecule has 1 saturated heterocycles. The van der Waals surface area contributed by atoms with Gasteiger partial charge in [0, 0.05) is 26.2 Å². The number of hydrogen-bond donors (Lipinski definition) is 2. The standard InChI is InChI=1S/C13H27N3O2S/c1-18-8-7-16-6-3-4-11(16)10-15-13(17)12(14)5-9-19-2/h11-12H,3-10,14H2,1-2H3,(H,15,17)/t11?,12-/m0/s1. The molecule has 0 spiro atoms. The zero-order valence-corrected chi connectivity index (χ0v) is 12.9. The van der Waals surface area contributed by atoms with E-state index in [0.29, 0.717) is 12.6 Å². The second-order valence-corrected chi connectivity index (χ2v) is 5.94. The van der Waals surface area contributed by atoms with Crippen LogP contribution in [0, 0.1) is 0 Å². The first-order valence-electron chi connectivity index (χ1n) is 6.94. The van der Waals surface area contributed by atoms with E-state index in [1.807, 2.05) is 6.26 Å². The van der Waals surface area contributed by atoms with Gasteiger partial charge in [-0.15, -0.1) is 0 Å². The zero-order chi connectivity index (χ0) is 14.1. The third kappa shape index (κ3) is 6.12. The zero-order valence-electron chi connectivity index (χ0n) is 12.1. The molecule has 1 unspecified atom stereocenters. The van der Waals surface area contributed by atoms with Gasteiger partial charge in [0.05, 0.1) is 12.6 Å². The van der Waals surface area contributed by atoms with Crippen LogP contribution in [0.4, 0.5) is 0 Å². The number of carbonyl (C=O) groups is 1. The summed E-state index contributed by atoms with van der Waals surface area (Å²) in [5.41, 5.74) is 5.84. The first-order valence-corrected chi connectivity index (χ1v) is 8.33. The summed E-state index contributed by atoms with van der Waals surface area (Å²) in [5.74, 6) is 0.908. The number of hydrogen-bond acceptors (Lipinski definition) is 5. The van der Waals surface area contributed by atoms with Gasteiger partial charge < -0.3 is 15.8 Å². The van der Waals surface area contributed by atoms with Gasteiger partial charge in [0.15, 0.2) is 0 Å². The molecule has 1 fully saturated rings. The Morgan fingerprint density at radius 2 is 2.42 bits per heavy atom. The SMILES string of the molecule is COCCN1CCCC1CNC(=O)[C@@H](N)CCSC. The van der Waals surface area contributed by atoms with Crippen molar-refractivity contribution in [3.63, 3.8) is 0 Å². The van der Waals surface area contributed by atoms with Crippen molar-refractivity contribution in [2.75, 3.05) is 45.4 Å². The summed E-state index contributed by atoms with van der Waals surface area (Å²) in [6, 6.07) is 0.0631. The molecular formula is C13H27N3O2S. The normalized spacial score (nSPS) is 21.5. The molecule has 2 atom stereocenters. The number of nitrogens with one attached hydrogen (secondary N) is 1. The van der Waals surface area contributed by atoms with Crippen molar-refractivity contribution in [3.05, 3.63) is 0 Å². The average molecular weight is 289 g/mol. The smallest absolute Gasteiger partial charge is 0.237 e. The minimum absolute atomic E-state index is 0.0207. The maximum absolute atomic E-state index is 11.8. The summed E-state index contributed by atoms with van der Waals surface area (Å²) in [5, 5.41) is 2.98. The van der Waals surface area contributed by atoms with Gasteiger partial charge in [-0.05, 0) is 37.8 Å². The van der Waals surface area contributed by atoms with Crippen molar-refractivity contribution in [1.82, 2.24) is 10.2 Å². The van der Waals surface area contributed by atoms with Gasteiger partial charge in [0.2, 0.25) is 5.91 Å². The molecule has 6 heteroatoms. The lowest BCUT2D eigenvalue weighted by Gasteiger charge is -2.24. The molecule has 0 radical (unpaired) electrons. The summed E-state index contributed by atoms with van der Waals surface area (Å²) in [6.07, 6.45) is 5.11. The molecule has 5 nitrogen and oxygen atoms in total. The molecule has 19 heavy (non-hydrogen) atoms. The molecule has 1 amide bonds. The predicted molar refractivity (Wildman–Crippen MR) is 80.5 cm³/mol. The molecule has 0 aromatic rings. The van der Waals surface area contributed by atoms with E-state index < -0.39 is 0 Å². The van der Waals surface area contributed by atoms with Crippen LogP contribution in [0.25, 0.3) is 0 Å². The van der Waals surface area contributed by atoms with Crippen molar-refractivity contribution in [2.24, 2.45) is 5.73 Å². The van der Waals surface area contributed by atoms with Gasteiger partial charge in [0.1, 0.15) is 0 Å². The third-order valence-electron chi connectivity index (χ3n) is 3.56. The number of nitrogens with two attached hydrogens (primary N) is 1. The molecular weight excluding hydrogens is 262 g/mol. The maximum Gasteiger partial charge on any atom is 0.237 e. The Kier molecular flexibility index (Phi) is 8.45. The minimum Gasteiger partial charge on any atom is -0.383 e. The quantitative estimate of drug-likeness (QED) is 0.639. The number of carbonyl (C=O) groups excluding carboxylic acids is 1. The van der Waals surface area contributed by atoms with E-state index in [2.05, 4.69) is 10.2 Å². The van der Waals surface area contributed by atoms with Crippen LogP contribution in [-0.4, -0.2) is 68.3 Å². The van der Waals surface area contributed by atoms with Crippen LogP contribution in [-0.2, 0) is 9.53 Å². The van der Waals surface area contributed by atoms with Gasteiger partial charge in [-0.1, -0.05) is 0 Å². The van der Waals surface area contributed by atoms with Gasteiger partial charge in [-0.2, -0.15) is 11.8 Å². The third-order valence-corrected chi connectivity index (χ3v) is 4.21. The molecule has 1 aliphatic rings. The van der Waals surface area contributed by atoms with E-state index in [4.69, 9.17) is 10.5 Å². The Bertz CT molecular complexity index is 266. The molecule has 112 valence electrons. The van der Waals surface area contributed by atoms with Crippen molar-refractivity contribution in [3.8, 4) is 0 Å². The Hall–Kier alpha value is -0.300. The highest BCUT2D eigenvalue weighted by atomic mass is 32.2. The van der Waals surface area contributed by atoms with E-state index >= 15 is 0 Å². The number of nitrogens with zero attached hydrogens (tertiary/aromatic N) is 1.